The van der Waals surface area contributed by atoms with E-state index in [1.165, 1.54) is 0 Å². The van der Waals surface area contributed by atoms with E-state index in [1.54, 1.807) is 13.8 Å². The molecule has 0 N–H and O–H groups in total. The van der Waals surface area contributed by atoms with Crippen molar-refractivity contribution in [1.29, 1.82) is 0 Å². The zero-order valence-electron chi connectivity index (χ0n) is 14.8. The highest BCUT2D eigenvalue weighted by molar-refractivity contribution is 9.09. The van der Waals surface area contributed by atoms with Crippen LogP contribution in [0.25, 0.3) is 0 Å². The van der Waals surface area contributed by atoms with Crippen molar-refractivity contribution >= 4 is 55.7 Å². The fourth-order valence-electron chi connectivity index (χ4n) is 2.07. The third kappa shape index (κ3) is 10.1. The summed E-state index contributed by atoms with van der Waals surface area (Å²) in [4.78, 5) is 48.5. The zero-order chi connectivity index (χ0) is 19.9. The van der Waals surface area contributed by atoms with Gasteiger partial charge in [-0.1, -0.05) is 31.9 Å². The minimum atomic E-state index is -1.20. The molecule has 0 aromatic carbocycles. The third-order valence-corrected chi connectivity index (χ3v) is 3.77. The number of alkyl halides is 2. The molecule has 150 valence electrons. The van der Waals surface area contributed by atoms with Gasteiger partial charge in [0.2, 0.25) is 0 Å². The molecule has 0 saturated heterocycles. The van der Waals surface area contributed by atoms with Crippen LogP contribution in [-0.2, 0) is 38.1 Å². The predicted molar refractivity (Wildman–Crippen MR) is 99.0 cm³/mol. The first-order chi connectivity index (χ1) is 12.4. The van der Waals surface area contributed by atoms with Gasteiger partial charge < -0.3 is 18.9 Å². The second-order valence-corrected chi connectivity index (χ2v) is 6.53. The second-order valence-electron chi connectivity index (χ2n) is 4.94. The number of carbonyl (C=O) groups is 4. The van der Waals surface area contributed by atoms with Gasteiger partial charge in [0.25, 0.3) is 0 Å². The van der Waals surface area contributed by atoms with Crippen molar-refractivity contribution in [3.8, 4) is 0 Å². The number of rotatable bonds is 13. The molecule has 0 radical (unpaired) electrons. The summed E-state index contributed by atoms with van der Waals surface area (Å²) in [6, 6.07) is 0. The molecule has 0 aliphatic rings. The Morgan fingerprint density at radius 1 is 0.692 bits per heavy atom. The van der Waals surface area contributed by atoms with E-state index in [0.717, 1.165) is 0 Å². The van der Waals surface area contributed by atoms with E-state index >= 15 is 0 Å². The molecule has 0 spiro atoms. The van der Waals surface area contributed by atoms with Crippen molar-refractivity contribution in [2.24, 2.45) is 11.8 Å². The standard InChI is InChI=1S/C16H24Br2O8/c1-3-23-13(19)9-12(16(22)26-8-6-18)11(15(21)24-4-2)10-14(20)25-7-5-17/h11-12H,3-10H2,1-2H3. The van der Waals surface area contributed by atoms with Crippen LogP contribution in [0.5, 0.6) is 0 Å². The summed E-state index contributed by atoms with van der Waals surface area (Å²) in [7, 11) is 0. The number of hydrogen-bond donors (Lipinski definition) is 0. The van der Waals surface area contributed by atoms with Gasteiger partial charge in [-0.05, 0) is 13.8 Å². The van der Waals surface area contributed by atoms with E-state index in [9.17, 15) is 19.2 Å². The Balaban J connectivity index is 5.42. The van der Waals surface area contributed by atoms with Crippen LogP contribution in [0.1, 0.15) is 26.7 Å². The van der Waals surface area contributed by atoms with Crippen LogP contribution in [0.15, 0.2) is 0 Å². The second kappa shape index (κ2) is 15.0. The highest BCUT2D eigenvalue weighted by atomic mass is 79.9. The molecule has 0 aromatic rings. The van der Waals surface area contributed by atoms with Crippen molar-refractivity contribution in [3.63, 3.8) is 0 Å². The van der Waals surface area contributed by atoms with Gasteiger partial charge in [0.1, 0.15) is 13.2 Å². The van der Waals surface area contributed by atoms with E-state index < -0.39 is 48.6 Å². The van der Waals surface area contributed by atoms with Crippen LogP contribution in [0.3, 0.4) is 0 Å². The van der Waals surface area contributed by atoms with Gasteiger partial charge in [0, 0.05) is 10.7 Å². The van der Waals surface area contributed by atoms with Crippen LogP contribution >= 0.6 is 31.9 Å². The number of halogens is 2. The Labute approximate surface area is 169 Å². The topological polar surface area (TPSA) is 105 Å². The van der Waals surface area contributed by atoms with Crippen molar-refractivity contribution in [2.75, 3.05) is 37.1 Å². The van der Waals surface area contributed by atoms with Gasteiger partial charge in [-0.2, -0.15) is 0 Å². The Bertz CT molecular complexity index is 469. The van der Waals surface area contributed by atoms with Gasteiger partial charge in [0.15, 0.2) is 0 Å². The molecule has 0 aliphatic carbocycles. The average Bonchev–Trinajstić information content (AvgIpc) is 2.61. The van der Waals surface area contributed by atoms with Crippen LogP contribution in [-0.4, -0.2) is 61.0 Å². The van der Waals surface area contributed by atoms with E-state index in [4.69, 9.17) is 18.9 Å². The average molecular weight is 504 g/mol. The molecular weight excluding hydrogens is 480 g/mol. The van der Waals surface area contributed by atoms with Crippen LogP contribution in [0.4, 0.5) is 0 Å². The van der Waals surface area contributed by atoms with Gasteiger partial charge in [-0.15, -0.1) is 0 Å². The molecule has 0 heterocycles. The fraction of sp³-hybridized carbons (Fsp3) is 0.750. The molecule has 0 saturated carbocycles. The van der Waals surface area contributed by atoms with E-state index in [2.05, 4.69) is 31.9 Å². The fourth-order valence-corrected chi connectivity index (χ4v) is 2.39. The molecule has 10 heteroatoms. The number of carbonyl (C=O) groups excluding carboxylic acids is 4. The molecule has 8 nitrogen and oxygen atoms in total. The molecule has 0 amide bonds. The molecule has 0 aliphatic heterocycles. The Hall–Kier alpha value is -1.16. The van der Waals surface area contributed by atoms with Crippen molar-refractivity contribution in [3.05, 3.63) is 0 Å². The minimum Gasteiger partial charge on any atom is -0.466 e. The Morgan fingerprint density at radius 3 is 1.58 bits per heavy atom. The lowest BCUT2D eigenvalue weighted by atomic mass is 9.86. The van der Waals surface area contributed by atoms with Crippen molar-refractivity contribution in [1.82, 2.24) is 0 Å². The third-order valence-electron chi connectivity index (χ3n) is 3.12. The van der Waals surface area contributed by atoms with Crippen LogP contribution in [0.2, 0.25) is 0 Å². The first-order valence-corrected chi connectivity index (χ1v) is 10.4. The number of esters is 4. The van der Waals surface area contributed by atoms with Crippen LogP contribution in [0, 0.1) is 11.8 Å². The Kier molecular flexibility index (Phi) is 14.3. The highest BCUT2D eigenvalue weighted by Gasteiger charge is 2.39. The molecule has 2 unspecified atom stereocenters. The lowest BCUT2D eigenvalue weighted by molar-refractivity contribution is -0.166. The maximum atomic E-state index is 12.4. The highest BCUT2D eigenvalue weighted by Crippen LogP contribution is 2.25. The van der Waals surface area contributed by atoms with Gasteiger partial charge in [0.05, 0.1) is 37.9 Å². The maximum absolute atomic E-state index is 12.4. The summed E-state index contributed by atoms with van der Waals surface area (Å²) in [6.45, 7) is 3.58. The summed E-state index contributed by atoms with van der Waals surface area (Å²) in [5.74, 6) is -5.30. The predicted octanol–water partition coefficient (Wildman–Crippen LogP) is 2.00. The van der Waals surface area contributed by atoms with E-state index in [0.29, 0.717) is 10.7 Å². The van der Waals surface area contributed by atoms with Gasteiger partial charge >= 0.3 is 23.9 Å². The minimum absolute atomic E-state index is 0.0573. The summed E-state index contributed by atoms with van der Waals surface area (Å²) < 4.78 is 19.8. The first-order valence-electron chi connectivity index (χ1n) is 8.17. The lowest BCUT2D eigenvalue weighted by Gasteiger charge is -2.23. The SMILES string of the molecule is CCOC(=O)CC(C(=O)OCCBr)C(CC(=O)OCCBr)C(=O)OCC. The largest absolute Gasteiger partial charge is 0.466 e. The quantitative estimate of drug-likeness (QED) is 0.213. The molecular formula is C16H24Br2O8. The normalized spacial score (nSPS) is 12.6. The summed E-state index contributed by atoms with van der Waals surface area (Å²) in [5, 5.41) is 0.824. The zero-order valence-corrected chi connectivity index (χ0v) is 18.0. The van der Waals surface area contributed by atoms with Crippen LogP contribution < -0.4 is 0 Å². The molecule has 2 atom stereocenters. The van der Waals surface area contributed by atoms with Crippen molar-refractivity contribution < 1.29 is 38.1 Å². The molecule has 0 aromatic heterocycles. The summed E-state index contributed by atoms with van der Waals surface area (Å²) in [5.41, 5.74) is 0. The van der Waals surface area contributed by atoms with E-state index in [-0.39, 0.29) is 26.4 Å². The smallest absolute Gasteiger partial charge is 0.310 e. The first kappa shape index (κ1) is 24.8. The number of hydrogen-bond acceptors (Lipinski definition) is 8. The summed E-state index contributed by atoms with van der Waals surface area (Å²) >= 11 is 6.24. The van der Waals surface area contributed by atoms with Gasteiger partial charge in [-0.25, -0.2) is 0 Å². The Morgan fingerprint density at radius 2 is 1.12 bits per heavy atom. The summed E-state index contributed by atoms with van der Waals surface area (Å²) in [6.07, 6.45) is -0.802. The van der Waals surface area contributed by atoms with Gasteiger partial charge in [-0.3, -0.25) is 19.2 Å². The van der Waals surface area contributed by atoms with Crippen molar-refractivity contribution in [2.45, 2.75) is 26.7 Å². The molecule has 0 fully saturated rings. The maximum Gasteiger partial charge on any atom is 0.310 e. The molecule has 26 heavy (non-hydrogen) atoms. The van der Waals surface area contributed by atoms with E-state index in [1.807, 2.05) is 0 Å². The lowest BCUT2D eigenvalue weighted by Crippen LogP contribution is -2.36. The monoisotopic (exact) mass is 502 g/mol. The molecule has 0 bridgehead atoms. The number of ether oxygens (including phenoxy) is 4. The molecule has 0 rings (SSSR count).